The Bertz CT molecular complexity index is 869. The Morgan fingerprint density at radius 3 is 2.64 bits per heavy atom. The van der Waals surface area contributed by atoms with Crippen molar-refractivity contribution in [2.75, 3.05) is 22.6 Å². The lowest BCUT2D eigenvalue weighted by molar-refractivity contribution is -0.138. The summed E-state index contributed by atoms with van der Waals surface area (Å²) in [4.78, 5) is 8.00. The third kappa shape index (κ3) is 4.81. The van der Waals surface area contributed by atoms with E-state index in [1.807, 2.05) is 25.1 Å². The van der Waals surface area contributed by atoms with Crippen molar-refractivity contribution >= 4 is 28.3 Å². The molecule has 1 fully saturated rings. The van der Waals surface area contributed by atoms with Crippen LogP contribution in [0.4, 0.5) is 30.6 Å². The molecule has 1 aliphatic rings. The van der Waals surface area contributed by atoms with Gasteiger partial charge in [0.15, 0.2) is 0 Å². The Morgan fingerprint density at radius 1 is 1.29 bits per heavy atom. The average Bonchev–Trinajstić information content (AvgIpc) is 2.57. The molecule has 1 heterocycles. The van der Waals surface area contributed by atoms with Gasteiger partial charge in [-0.1, -0.05) is 25.5 Å². The summed E-state index contributed by atoms with van der Waals surface area (Å²) in [5, 5.41) is 2.96. The molecular formula is C19H23F3N4OS. The minimum absolute atomic E-state index is 0.0248. The minimum atomic E-state index is -4.58. The predicted octanol–water partition coefficient (Wildman–Crippen LogP) is 4.40. The molecule has 5 nitrogen and oxygen atoms in total. The first-order chi connectivity index (χ1) is 13.3. The van der Waals surface area contributed by atoms with Crippen LogP contribution in [0.2, 0.25) is 0 Å². The third-order valence-electron chi connectivity index (χ3n) is 4.86. The molecule has 0 amide bonds. The number of aromatic nitrogens is 2. The van der Waals surface area contributed by atoms with E-state index < -0.39 is 28.4 Å². The number of nitrogens with zero attached hydrogens (tertiary/aromatic N) is 2. The first kappa shape index (κ1) is 20.6. The Balaban J connectivity index is 1.85. The van der Waals surface area contributed by atoms with E-state index in [1.165, 1.54) is 0 Å². The SMILES string of the molecule is CCS(=O)CCc1cccc(Nc2nc(N)c(C(F)(F)F)c(C3CCC3)n2)c1. The molecule has 1 aromatic heterocycles. The number of anilines is 3. The van der Waals surface area contributed by atoms with Gasteiger partial charge < -0.3 is 11.1 Å². The smallest absolute Gasteiger partial charge is 0.383 e. The second-order valence-corrected chi connectivity index (χ2v) is 8.69. The van der Waals surface area contributed by atoms with Crippen LogP contribution in [0.15, 0.2) is 24.3 Å². The normalized spacial score (nSPS) is 15.9. The van der Waals surface area contributed by atoms with Crippen molar-refractivity contribution in [2.24, 2.45) is 0 Å². The van der Waals surface area contributed by atoms with Crippen LogP contribution in [0.5, 0.6) is 0 Å². The Labute approximate surface area is 164 Å². The highest BCUT2D eigenvalue weighted by Crippen LogP contribution is 2.44. The zero-order valence-electron chi connectivity index (χ0n) is 15.6. The van der Waals surface area contributed by atoms with Crippen LogP contribution >= 0.6 is 0 Å². The number of nitrogens with one attached hydrogen (secondary N) is 1. The fraction of sp³-hybridized carbons (Fsp3) is 0.474. The second-order valence-electron chi connectivity index (χ2n) is 6.83. The molecule has 28 heavy (non-hydrogen) atoms. The minimum Gasteiger partial charge on any atom is -0.383 e. The van der Waals surface area contributed by atoms with E-state index in [0.717, 1.165) is 12.0 Å². The molecule has 1 aliphatic carbocycles. The molecule has 3 N–H and O–H groups in total. The van der Waals surface area contributed by atoms with E-state index in [2.05, 4.69) is 15.3 Å². The van der Waals surface area contributed by atoms with Crippen molar-refractivity contribution in [3.05, 3.63) is 41.1 Å². The molecule has 3 rings (SSSR count). The highest BCUT2D eigenvalue weighted by Gasteiger charge is 2.41. The van der Waals surface area contributed by atoms with E-state index in [1.54, 1.807) is 6.07 Å². The fourth-order valence-corrected chi connectivity index (χ4v) is 3.88. The van der Waals surface area contributed by atoms with Crippen LogP contribution < -0.4 is 11.1 Å². The summed E-state index contributed by atoms with van der Waals surface area (Å²) in [6.07, 6.45) is -1.70. The van der Waals surface area contributed by atoms with Gasteiger partial charge in [-0.3, -0.25) is 4.21 Å². The number of nitrogen functional groups attached to an aromatic ring is 1. The van der Waals surface area contributed by atoms with Gasteiger partial charge in [0.2, 0.25) is 5.95 Å². The number of nitrogens with two attached hydrogens (primary N) is 1. The van der Waals surface area contributed by atoms with Crippen molar-refractivity contribution in [1.82, 2.24) is 9.97 Å². The van der Waals surface area contributed by atoms with E-state index >= 15 is 0 Å². The van der Waals surface area contributed by atoms with E-state index in [0.29, 0.717) is 36.5 Å². The molecule has 0 saturated heterocycles. The second kappa shape index (κ2) is 8.46. The van der Waals surface area contributed by atoms with E-state index in [9.17, 15) is 17.4 Å². The standard InChI is InChI=1S/C19H23F3N4OS/c1-2-28(27)10-9-12-5-3-8-14(11-12)24-18-25-16(13-6-4-7-13)15(17(23)26-18)19(20,21)22/h3,5,8,11,13H,2,4,6-7,9-10H2,1H3,(H3,23,24,25,26). The van der Waals surface area contributed by atoms with Gasteiger partial charge in [-0.05, 0) is 37.0 Å². The molecule has 2 aromatic rings. The quantitative estimate of drug-likeness (QED) is 0.705. The van der Waals surface area contributed by atoms with Crippen molar-refractivity contribution in [1.29, 1.82) is 0 Å². The van der Waals surface area contributed by atoms with Gasteiger partial charge in [-0.2, -0.15) is 18.2 Å². The summed E-state index contributed by atoms with van der Waals surface area (Å²) in [5.74, 6) is 0.441. The highest BCUT2D eigenvalue weighted by atomic mass is 32.2. The number of hydrogen-bond acceptors (Lipinski definition) is 5. The number of benzene rings is 1. The zero-order chi connectivity index (χ0) is 20.3. The summed E-state index contributed by atoms with van der Waals surface area (Å²) in [7, 11) is -0.858. The first-order valence-corrected chi connectivity index (χ1v) is 10.7. The number of hydrogen-bond donors (Lipinski definition) is 2. The number of rotatable bonds is 7. The number of alkyl halides is 3. The van der Waals surface area contributed by atoms with E-state index in [4.69, 9.17) is 5.73 Å². The molecule has 1 atom stereocenters. The van der Waals surface area contributed by atoms with E-state index in [-0.39, 0.29) is 17.6 Å². The van der Waals surface area contributed by atoms with Crippen molar-refractivity contribution in [2.45, 2.75) is 44.7 Å². The molecule has 1 aromatic carbocycles. The number of aryl methyl sites for hydroxylation is 1. The average molecular weight is 412 g/mol. The lowest BCUT2D eigenvalue weighted by Gasteiger charge is -2.28. The van der Waals surface area contributed by atoms with Crippen molar-refractivity contribution in [3.63, 3.8) is 0 Å². The maximum atomic E-state index is 13.4. The maximum Gasteiger partial charge on any atom is 0.421 e. The Hall–Kier alpha value is -2.16. The largest absolute Gasteiger partial charge is 0.421 e. The molecular weight excluding hydrogens is 389 g/mol. The van der Waals surface area contributed by atoms with Gasteiger partial charge >= 0.3 is 6.18 Å². The van der Waals surface area contributed by atoms with Gasteiger partial charge in [-0.15, -0.1) is 0 Å². The summed E-state index contributed by atoms with van der Waals surface area (Å²) in [5.41, 5.74) is 6.35. The fourth-order valence-electron chi connectivity index (χ4n) is 3.13. The topological polar surface area (TPSA) is 80.9 Å². The monoisotopic (exact) mass is 412 g/mol. The molecule has 0 spiro atoms. The molecule has 1 saturated carbocycles. The first-order valence-electron chi connectivity index (χ1n) is 9.23. The summed E-state index contributed by atoms with van der Waals surface area (Å²) < 4.78 is 51.9. The van der Waals surface area contributed by atoms with Gasteiger partial charge in [0.05, 0.1) is 5.69 Å². The zero-order valence-corrected chi connectivity index (χ0v) is 16.4. The van der Waals surface area contributed by atoms with Crippen LogP contribution in [0.1, 0.15) is 48.9 Å². The van der Waals surface area contributed by atoms with Crippen LogP contribution in [0.3, 0.4) is 0 Å². The predicted molar refractivity (Wildman–Crippen MR) is 105 cm³/mol. The van der Waals surface area contributed by atoms with Gasteiger partial charge in [0.1, 0.15) is 11.4 Å². The van der Waals surface area contributed by atoms with Crippen molar-refractivity contribution in [3.8, 4) is 0 Å². The third-order valence-corrected chi connectivity index (χ3v) is 6.17. The number of halogens is 3. The molecule has 0 aliphatic heterocycles. The van der Waals surface area contributed by atoms with Gasteiger partial charge in [0.25, 0.3) is 0 Å². The highest BCUT2D eigenvalue weighted by molar-refractivity contribution is 7.84. The molecule has 152 valence electrons. The van der Waals surface area contributed by atoms with Gasteiger partial charge in [0, 0.05) is 33.9 Å². The maximum absolute atomic E-state index is 13.4. The molecule has 9 heteroatoms. The Kier molecular flexibility index (Phi) is 6.22. The summed E-state index contributed by atoms with van der Waals surface area (Å²) >= 11 is 0. The van der Waals surface area contributed by atoms with Crippen LogP contribution in [-0.2, 0) is 23.4 Å². The van der Waals surface area contributed by atoms with Crippen LogP contribution in [0, 0.1) is 0 Å². The lowest BCUT2D eigenvalue weighted by atomic mass is 9.81. The lowest BCUT2D eigenvalue weighted by Crippen LogP contribution is -2.22. The summed E-state index contributed by atoms with van der Waals surface area (Å²) in [6, 6.07) is 7.38. The molecule has 0 radical (unpaired) electrons. The van der Waals surface area contributed by atoms with Crippen LogP contribution in [0.25, 0.3) is 0 Å². The van der Waals surface area contributed by atoms with Crippen molar-refractivity contribution < 1.29 is 17.4 Å². The summed E-state index contributed by atoms with van der Waals surface area (Å²) in [6.45, 7) is 1.88. The van der Waals surface area contributed by atoms with Gasteiger partial charge in [-0.25, -0.2) is 4.98 Å². The Morgan fingerprint density at radius 2 is 2.04 bits per heavy atom. The van der Waals surface area contributed by atoms with Crippen LogP contribution in [-0.4, -0.2) is 25.7 Å². The molecule has 1 unspecified atom stereocenters. The molecule has 0 bridgehead atoms.